The molecule has 2 N–H and O–H groups in total. The second-order valence-corrected chi connectivity index (χ2v) is 6.04. The number of nitrogens with zero attached hydrogens (tertiary/aromatic N) is 2. The van der Waals surface area contributed by atoms with E-state index in [1.165, 1.54) is 25.3 Å². The van der Waals surface area contributed by atoms with Crippen LogP contribution >= 0.6 is 0 Å². The predicted octanol–water partition coefficient (Wildman–Crippen LogP) is 2.41. The van der Waals surface area contributed by atoms with Gasteiger partial charge < -0.3 is 19.9 Å². The van der Waals surface area contributed by atoms with Gasteiger partial charge in [0, 0.05) is 25.1 Å². The number of aryl methyl sites for hydroxylation is 1. The van der Waals surface area contributed by atoms with Gasteiger partial charge in [0.1, 0.15) is 23.4 Å². The summed E-state index contributed by atoms with van der Waals surface area (Å²) in [5.41, 5.74) is 0.917. The van der Waals surface area contributed by atoms with Crippen LogP contribution in [0.4, 0.5) is 10.1 Å². The topological polar surface area (TPSA) is 85.2 Å². The maximum absolute atomic E-state index is 13.7. The molecule has 0 radical (unpaired) electrons. The van der Waals surface area contributed by atoms with Gasteiger partial charge in [0.15, 0.2) is 0 Å². The predicted molar refractivity (Wildman–Crippen MR) is 101 cm³/mol. The minimum atomic E-state index is -0.868. The molecule has 7 nitrogen and oxygen atoms in total. The van der Waals surface area contributed by atoms with Gasteiger partial charge in [0.2, 0.25) is 0 Å². The Morgan fingerprint density at radius 3 is 2.50 bits per heavy atom. The first-order valence-corrected chi connectivity index (χ1v) is 8.46. The number of carbonyl (C=O) groups excluding carboxylic acids is 2. The number of nitrogens with one attached hydrogen (secondary N) is 2. The Labute approximate surface area is 161 Å². The summed E-state index contributed by atoms with van der Waals surface area (Å²) >= 11 is 0. The average molecular weight is 382 g/mol. The fourth-order valence-electron chi connectivity index (χ4n) is 2.70. The summed E-state index contributed by atoms with van der Waals surface area (Å²) in [6.07, 6.45) is 3.26. The Hall–Kier alpha value is -3.68. The summed E-state index contributed by atoms with van der Waals surface area (Å²) in [7, 11) is 3.28. The van der Waals surface area contributed by atoms with Crippen LogP contribution in [0, 0.1) is 5.82 Å². The van der Waals surface area contributed by atoms with Gasteiger partial charge in [-0.1, -0.05) is 12.1 Å². The number of benzene rings is 2. The maximum atomic E-state index is 13.7. The van der Waals surface area contributed by atoms with Crippen molar-refractivity contribution in [3.63, 3.8) is 0 Å². The molecule has 1 unspecified atom stereocenters. The first-order valence-electron chi connectivity index (χ1n) is 8.46. The summed E-state index contributed by atoms with van der Waals surface area (Å²) in [6.45, 7) is 0. The van der Waals surface area contributed by atoms with Crippen LogP contribution in [0.5, 0.6) is 5.75 Å². The standard InChI is InChI=1S/C20H19FN4O3/c1-25-11-10-22-18(25)17(13-4-3-5-14(21)12-13)24-20(27)19(26)23-15-6-8-16(28-2)9-7-15/h3-12,17H,1-2H3,(H,23,26)(H,24,27). The van der Waals surface area contributed by atoms with Crippen molar-refractivity contribution in [2.45, 2.75) is 6.04 Å². The zero-order valence-electron chi connectivity index (χ0n) is 15.3. The molecule has 0 aliphatic carbocycles. The number of halogens is 1. The number of methoxy groups -OCH3 is 1. The molecule has 144 valence electrons. The smallest absolute Gasteiger partial charge is 0.313 e. The third-order valence-corrected chi connectivity index (χ3v) is 4.13. The van der Waals surface area contributed by atoms with Crippen molar-refractivity contribution in [1.29, 1.82) is 0 Å². The molecule has 0 bridgehead atoms. The number of carbonyl (C=O) groups is 2. The minimum Gasteiger partial charge on any atom is -0.497 e. The second kappa shape index (κ2) is 8.34. The van der Waals surface area contributed by atoms with Crippen molar-refractivity contribution in [2.24, 2.45) is 7.05 Å². The van der Waals surface area contributed by atoms with E-state index in [-0.39, 0.29) is 0 Å². The Morgan fingerprint density at radius 2 is 1.89 bits per heavy atom. The van der Waals surface area contributed by atoms with Crippen molar-refractivity contribution >= 4 is 17.5 Å². The zero-order chi connectivity index (χ0) is 20.1. The van der Waals surface area contributed by atoms with E-state index in [1.54, 1.807) is 54.3 Å². The molecule has 2 amide bonds. The van der Waals surface area contributed by atoms with Gasteiger partial charge in [-0.05, 0) is 42.0 Å². The van der Waals surface area contributed by atoms with E-state index < -0.39 is 23.7 Å². The molecule has 3 aromatic rings. The van der Waals surface area contributed by atoms with Gasteiger partial charge in [-0.3, -0.25) is 9.59 Å². The van der Waals surface area contributed by atoms with E-state index in [4.69, 9.17) is 4.74 Å². The Bertz CT molecular complexity index is 985. The molecule has 1 atom stereocenters. The van der Waals surface area contributed by atoms with Crippen molar-refractivity contribution in [1.82, 2.24) is 14.9 Å². The lowest BCUT2D eigenvalue weighted by atomic mass is 10.1. The monoisotopic (exact) mass is 382 g/mol. The lowest BCUT2D eigenvalue weighted by molar-refractivity contribution is -0.136. The molecule has 3 rings (SSSR count). The lowest BCUT2D eigenvalue weighted by Gasteiger charge is -2.19. The molecule has 1 aromatic heterocycles. The highest BCUT2D eigenvalue weighted by Gasteiger charge is 2.24. The fraction of sp³-hybridized carbons (Fsp3) is 0.150. The van der Waals surface area contributed by atoms with E-state index in [0.29, 0.717) is 22.8 Å². The van der Waals surface area contributed by atoms with Gasteiger partial charge in [0.05, 0.1) is 7.11 Å². The Balaban J connectivity index is 1.78. The second-order valence-electron chi connectivity index (χ2n) is 6.04. The van der Waals surface area contributed by atoms with Crippen LogP contribution < -0.4 is 15.4 Å². The number of anilines is 1. The normalized spacial score (nSPS) is 11.5. The van der Waals surface area contributed by atoms with E-state index in [9.17, 15) is 14.0 Å². The van der Waals surface area contributed by atoms with Crippen molar-refractivity contribution in [3.8, 4) is 5.75 Å². The van der Waals surface area contributed by atoms with Gasteiger partial charge in [-0.25, -0.2) is 9.37 Å². The van der Waals surface area contributed by atoms with Crippen LogP contribution in [0.1, 0.15) is 17.4 Å². The number of hydrogen-bond acceptors (Lipinski definition) is 4. The van der Waals surface area contributed by atoms with Crippen LogP contribution in [0.25, 0.3) is 0 Å². The largest absolute Gasteiger partial charge is 0.497 e. The number of imidazole rings is 1. The minimum absolute atomic E-state index is 0.445. The Kier molecular flexibility index (Phi) is 5.69. The third kappa shape index (κ3) is 4.35. The molecular formula is C20H19FN4O3. The molecule has 0 aliphatic heterocycles. The van der Waals surface area contributed by atoms with E-state index in [2.05, 4.69) is 15.6 Å². The first kappa shape index (κ1) is 19.1. The number of aromatic nitrogens is 2. The highest BCUT2D eigenvalue weighted by Crippen LogP contribution is 2.21. The first-order chi connectivity index (χ1) is 13.5. The van der Waals surface area contributed by atoms with Crippen LogP contribution in [-0.4, -0.2) is 28.5 Å². The molecule has 0 saturated carbocycles. The molecule has 0 aliphatic rings. The summed E-state index contributed by atoms with van der Waals surface area (Å²) in [4.78, 5) is 29.0. The van der Waals surface area contributed by atoms with Crippen LogP contribution in [-0.2, 0) is 16.6 Å². The highest BCUT2D eigenvalue weighted by molar-refractivity contribution is 6.39. The number of amides is 2. The van der Waals surface area contributed by atoms with Gasteiger partial charge in [-0.2, -0.15) is 0 Å². The zero-order valence-corrected chi connectivity index (χ0v) is 15.3. The molecule has 8 heteroatoms. The average Bonchev–Trinajstić information content (AvgIpc) is 3.12. The molecule has 2 aromatic carbocycles. The van der Waals surface area contributed by atoms with Crippen molar-refractivity contribution in [2.75, 3.05) is 12.4 Å². The Morgan fingerprint density at radius 1 is 1.14 bits per heavy atom. The molecule has 28 heavy (non-hydrogen) atoms. The SMILES string of the molecule is COc1ccc(NC(=O)C(=O)NC(c2cccc(F)c2)c2nccn2C)cc1. The van der Waals surface area contributed by atoms with E-state index >= 15 is 0 Å². The van der Waals surface area contributed by atoms with Gasteiger partial charge in [0.25, 0.3) is 0 Å². The summed E-state index contributed by atoms with van der Waals surface area (Å²) in [6, 6.07) is 11.6. The van der Waals surface area contributed by atoms with Gasteiger partial charge >= 0.3 is 11.8 Å². The number of hydrogen-bond donors (Lipinski definition) is 2. The van der Waals surface area contributed by atoms with Crippen LogP contribution in [0.3, 0.4) is 0 Å². The quantitative estimate of drug-likeness (QED) is 0.664. The van der Waals surface area contributed by atoms with Gasteiger partial charge in [-0.15, -0.1) is 0 Å². The third-order valence-electron chi connectivity index (χ3n) is 4.13. The van der Waals surface area contributed by atoms with E-state index in [0.717, 1.165) is 0 Å². The van der Waals surface area contributed by atoms with E-state index in [1.807, 2.05) is 0 Å². The highest BCUT2D eigenvalue weighted by atomic mass is 19.1. The summed E-state index contributed by atoms with van der Waals surface area (Å²) in [5.74, 6) is -1.07. The van der Waals surface area contributed by atoms with Crippen LogP contribution in [0.15, 0.2) is 60.9 Å². The van der Waals surface area contributed by atoms with Crippen molar-refractivity contribution < 1.29 is 18.7 Å². The fourth-order valence-corrected chi connectivity index (χ4v) is 2.70. The molecule has 0 fully saturated rings. The maximum Gasteiger partial charge on any atom is 0.313 e. The summed E-state index contributed by atoms with van der Waals surface area (Å²) in [5, 5.41) is 5.13. The molecule has 1 heterocycles. The summed E-state index contributed by atoms with van der Waals surface area (Å²) < 4.78 is 20.4. The number of ether oxygens (including phenoxy) is 1. The lowest BCUT2D eigenvalue weighted by Crippen LogP contribution is -2.39. The molecular weight excluding hydrogens is 363 g/mol. The van der Waals surface area contributed by atoms with Crippen molar-refractivity contribution in [3.05, 3.63) is 78.1 Å². The van der Waals surface area contributed by atoms with Crippen LogP contribution in [0.2, 0.25) is 0 Å². The molecule has 0 saturated heterocycles. The molecule has 0 spiro atoms. The number of rotatable bonds is 5.